The van der Waals surface area contributed by atoms with Gasteiger partial charge in [0.2, 0.25) is 0 Å². The van der Waals surface area contributed by atoms with E-state index in [1.165, 1.54) is 45.1 Å². The van der Waals surface area contributed by atoms with Crippen LogP contribution in [0.3, 0.4) is 0 Å². The zero-order chi connectivity index (χ0) is 12.7. The van der Waals surface area contributed by atoms with E-state index in [4.69, 9.17) is 0 Å². The molecule has 1 N–H and O–H groups in total. The summed E-state index contributed by atoms with van der Waals surface area (Å²) in [7, 11) is 2.29. The lowest BCUT2D eigenvalue weighted by Gasteiger charge is -2.25. The molecule has 102 valence electrons. The molecule has 0 saturated heterocycles. The van der Waals surface area contributed by atoms with Gasteiger partial charge in [0.05, 0.1) is 0 Å². The summed E-state index contributed by atoms with van der Waals surface area (Å²) in [6.45, 7) is 9.28. The van der Waals surface area contributed by atoms with Gasteiger partial charge in [-0.15, -0.1) is 0 Å². The van der Waals surface area contributed by atoms with Crippen LogP contribution < -0.4 is 5.32 Å². The molecular formula is C15H32N2. The molecule has 1 rings (SSSR count). The van der Waals surface area contributed by atoms with E-state index >= 15 is 0 Å². The summed E-state index contributed by atoms with van der Waals surface area (Å²) >= 11 is 0. The van der Waals surface area contributed by atoms with Gasteiger partial charge >= 0.3 is 0 Å². The van der Waals surface area contributed by atoms with Crippen LogP contribution in [0, 0.1) is 5.92 Å². The smallest absolute Gasteiger partial charge is 0.0107 e. The van der Waals surface area contributed by atoms with Gasteiger partial charge < -0.3 is 10.2 Å². The van der Waals surface area contributed by atoms with Crippen molar-refractivity contribution in [3.63, 3.8) is 0 Å². The van der Waals surface area contributed by atoms with Crippen molar-refractivity contribution < 1.29 is 0 Å². The average Bonchev–Trinajstić information content (AvgIpc) is 2.79. The maximum atomic E-state index is 3.65. The summed E-state index contributed by atoms with van der Waals surface area (Å²) in [6, 6.07) is 1.54. The fourth-order valence-corrected chi connectivity index (χ4v) is 2.70. The maximum Gasteiger partial charge on any atom is 0.0107 e. The molecule has 2 nitrogen and oxygen atoms in total. The van der Waals surface area contributed by atoms with E-state index < -0.39 is 0 Å². The van der Waals surface area contributed by atoms with Gasteiger partial charge in [-0.2, -0.15) is 0 Å². The summed E-state index contributed by atoms with van der Waals surface area (Å²) < 4.78 is 0. The van der Waals surface area contributed by atoms with E-state index in [9.17, 15) is 0 Å². The van der Waals surface area contributed by atoms with Crippen LogP contribution in [-0.2, 0) is 0 Å². The third-order valence-electron chi connectivity index (χ3n) is 4.08. The predicted molar refractivity (Wildman–Crippen MR) is 76.4 cm³/mol. The molecule has 1 unspecified atom stereocenters. The van der Waals surface area contributed by atoms with Crippen molar-refractivity contribution in [2.24, 2.45) is 5.92 Å². The lowest BCUT2D eigenvalue weighted by Crippen LogP contribution is -2.38. The minimum Gasteiger partial charge on any atom is -0.313 e. The second-order valence-corrected chi connectivity index (χ2v) is 6.25. The molecule has 0 aromatic heterocycles. The Labute approximate surface area is 108 Å². The largest absolute Gasteiger partial charge is 0.313 e. The van der Waals surface area contributed by atoms with Crippen molar-refractivity contribution in [2.75, 3.05) is 20.1 Å². The van der Waals surface area contributed by atoms with Crippen LogP contribution in [-0.4, -0.2) is 37.1 Å². The number of nitrogens with zero attached hydrogens (tertiary/aromatic N) is 1. The quantitative estimate of drug-likeness (QED) is 0.700. The molecule has 0 heterocycles. The van der Waals surface area contributed by atoms with Crippen LogP contribution in [0.25, 0.3) is 0 Å². The second-order valence-electron chi connectivity index (χ2n) is 6.25. The zero-order valence-electron chi connectivity index (χ0n) is 12.3. The number of likely N-dealkylation sites (N-methyl/N-ethyl adjacent to an activating group) is 1. The van der Waals surface area contributed by atoms with Crippen LogP contribution in [0.4, 0.5) is 0 Å². The van der Waals surface area contributed by atoms with E-state index in [1.54, 1.807) is 0 Å². The molecule has 0 amide bonds. The molecule has 0 aromatic rings. The zero-order valence-corrected chi connectivity index (χ0v) is 12.3. The summed E-state index contributed by atoms with van der Waals surface area (Å²) in [5.74, 6) is 0.834. The lowest BCUT2D eigenvalue weighted by molar-refractivity contribution is 0.241. The lowest BCUT2D eigenvalue weighted by atomic mass is 10.0. The number of hydrogen-bond donors (Lipinski definition) is 1. The molecule has 0 radical (unpaired) electrons. The van der Waals surface area contributed by atoms with Gasteiger partial charge in [-0.1, -0.05) is 26.7 Å². The molecular weight excluding hydrogens is 208 g/mol. The third-order valence-corrected chi connectivity index (χ3v) is 4.08. The monoisotopic (exact) mass is 240 g/mol. The van der Waals surface area contributed by atoms with Crippen LogP contribution in [0.5, 0.6) is 0 Å². The molecule has 0 aliphatic heterocycles. The summed E-state index contributed by atoms with van der Waals surface area (Å²) in [6.07, 6.45) is 8.36. The van der Waals surface area contributed by atoms with Gasteiger partial charge in [-0.05, 0) is 45.6 Å². The highest BCUT2D eigenvalue weighted by Gasteiger charge is 2.18. The first kappa shape index (κ1) is 15.0. The number of hydrogen-bond acceptors (Lipinski definition) is 2. The summed E-state index contributed by atoms with van der Waals surface area (Å²) in [5.41, 5.74) is 0. The topological polar surface area (TPSA) is 15.3 Å². The van der Waals surface area contributed by atoms with E-state index in [0.717, 1.165) is 18.5 Å². The van der Waals surface area contributed by atoms with Gasteiger partial charge in [0.25, 0.3) is 0 Å². The first-order valence-corrected chi connectivity index (χ1v) is 7.53. The van der Waals surface area contributed by atoms with Crippen LogP contribution in [0.2, 0.25) is 0 Å². The van der Waals surface area contributed by atoms with Gasteiger partial charge in [-0.3, -0.25) is 0 Å². The summed E-state index contributed by atoms with van der Waals surface area (Å²) in [4.78, 5) is 2.55. The molecule has 2 heteroatoms. The highest BCUT2D eigenvalue weighted by molar-refractivity contribution is 4.75. The maximum absolute atomic E-state index is 3.65. The van der Waals surface area contributed by atoms with Crippen LogP contribution in [0.1, 0.15) is 59.3 Å². The Kier molecular flexibility index (Phi) is 7.14. The molecule has 1 aliphatic carbocycles. The molecule has 1 fully saturated rings. The Morgan fingerprint density at radius 1 is 1.12 bits per heavy atom. The second kappa shape index (κ2) is 8.10. The fourth-order valence-electron chi connectivity index (χ4n) is 2.70. The molecule has 0 aromatic carbocycles. The normalized spacial score (nSPS) is 19.4. The molecule has 1 atom stereocenters. The van der Waals surface area contributed by atoms with Crippen molar-refractivity contribution in [1.29, 1.82) is 0 Å². The van der Waals surface area contributed by atoms with Crippen molar-refractivity contribution >= 4 is 0 Å². The minimum atomic E-state index is 0.675. The molecule has 0 spiro atoms. The van der Waals surface area contributed by atoms with E-state index in [2.05, 4.69) is 38.0 Å². The van der Waals surface area contributed by atoms with Crippen LogP contribution >= 0.6 is 0 Å². The number of rotatable bonds is 8. The molecule has 17 heavy (non-hydrogen) atoms. The minimum absolute atomic E-state index is 0.675. The Bertz CT molecular complexity index is 185. The van der Waals surface area contributed by atoms with E-state index in [1.807, 2.05) is 0 Å². The van der Waals surface area contributed by atoms with Gasteiger partial charge in [-0.25, -0.2) is 0 Å². The molecule has 0 bridgehead atoms. The van der Waals surface area contributed by atoms with Crippen LogP contribution in [0.15, 0.2) is 0 Å². The fraction of sp³-hybridized carbons (Fsp3) is 1.00. The van der Waals surface area contributed by atoms with E-state index in [-0.39, 0.29) is 0 Å². The Balaban J connectivity index is 2.02. The van der Waals surface area contributed by atoms with Crippen molar-refractivity contribution in [3.05, 3.63) is 0 Å². The van der Waals surface area contributed by atoms with Gasteiger partial charge in [0.15, 0.2) is 0 Å². The first-order valence-electron chi connectivity index (χ1n) is 7.53. The van der Waals surface area contributed by atoms with Crippen molar-refractivity contribution in [1.82, 2.24) is 10.2 Å². The molecule has 1 aliphatic rings. The van der Waals surface area contributed by atoms with Crippen molar-refractivity contribution in [3.8, 4) is 0 Å². The Morgan fingerprint density at radius 2 is 1.76 bits per heavy atom. The predicted octanol–water partition coefficient (Wildman–Crippen LogP) is 3.28. The van der Waals surface area contributed by atoms with Gasteiger partial charge in [0, 0.05) is 25.2 Å². The molecule has 1 saturated carbocycles. The summed E-state index contributed by atoms with van der Waals surface area (Å²) in [5, 5.41) is 3.65. The first-order chi connectivity index (χ1) is 8.09. The number of nitrogens with one attached hydrogen (secondary N) is 1. The van der Waals surface area contributed by atoms with Gasteiger partial charge in [0.1, 0.15) is 0 Å². The van der Waals surface area contributed by atoms with Crippen molar-refractivity contribution in [2.45, 2.75) is 71.4 Å². The standard InChI is InChI=1S/C15H32N2/c1-13(2)9-10-14(3)16-11-12-17(4)15-7-5-6-8-15/h13-16H,5-12H2,1-4H3. The third kappa shape index (κ3) is 6.42. The average molecular weight is 240 g/mol. The van der Waals surface area contributed by atoms with E-state index in [0.29, 0.717) is 6.04 Å². The highest BCUT2D eigenvalue weighted by Crippen LogP contribution is 2.21. The Morgan fingerprint density at radius 3 is 2.35 bits per heavy atom. The SMILES string of the molecule is CC(C)CCC(C)NCCN(C)C1CCCC1. The highest BCUT2D eigenvalue weighted by atomic mass is 15.1. The Hall–Kier alpha value is -0.0800.